The van der Waals surface area contributed by atoms with Crippen molar-refractivity contribution in [3.8, 4) is 0 Å². The van der Waals surface area contributed by atoms with Crippen LogP contribution in [0.25, 0.3) is 0 Å². The van der Waals surface area contributed by atoms with Gasteiger partial charge in [-0.05, 0) is 0 Å². The van der Waals surface area contributed by atoms with Crippen molar-refractivity contribution in [3.05, 3.63) is 0 Å². The molecule has 1 saturated heterocycles. The minimum atomic E-state index is -1.37. The number of aliphatic hydroxyl groups excluding tert-OH is 3. The smallest absolute Gasteiger partial charge is 0.352 e. The number of nitrogens with zero attached hydrogens (tertiary/aromatic N) is 2. The van der Waals surface area contributed by atoms with Crippen molar-refractivity contribution >= 4 is 12.0 Å². The van der Waals surface area contributed by atoms with Gasteiger partial charge >= 0.3 is 6.03 Å². The lowest BCUT2D eigenvalue weighted by Gasteiger charge is -2.34. The van der Waals surface area contributed by atoms with E-state index in [-0.39, 0.29) is 19.0 Å². The van der Waals surface area contributed by atoms with Gasteiger partial charge in [-0.2, -0.15) is 4.99 Å². The van der Waals surface area contributed by atoms with Crippen molar-refractivity contribution in [2.45, 2.75) is 31.2 Å². The summed E-state index contributed by atoms with van der Waals surface area (Å²) in [5, 5.41) is 30.4. The number of nitrogens with two attached hydrogens (primary N) is 1. The monoisotopic (exact) mass is 246 g/mol. The maximum Gasteiger partial charge on any atom is 0.352 e. The van der Waals surface area contributed by atoms with E-state index in [1.165, 1.54) is 0 Å². The lowest BCUT2D eigenvalue weighted by molar-refractivity contribution is -0.114. The van der Waals surface area contributed by atoms with Gasteiger partial charge in [-0.25, -0.2) is 4.79 Å². The maximum atomic E-state index is 11.5. The third-order valence-corrected chi connectivity index (χ3v) is 2.67. The van der Waals surface area contributed by atoms with Crippen molar-refractivity contribution < 1.29 is 24.9 Å². The predicted octanol–water partition coefficient (Wildman–Crippen LogP) is -2.93. The predicted molar refractivity (Wildman–Crippen MR) is 54.4 cm³/mol. The van der Waals surface area contributed by atoms with Gasteiger partial charge in [-0.3, -0.25) is 4.90 Å². The molecule has 9 heteroatoms. The molecule has 0 aliphatic carbocycles. The molecular formula is C8H14N4O5. The highest BCUT2D eigenvalue weighted by atomic mass is 16.5. The topological polar surface area (TPSA) is 141 Å². The van der Waals surface area contributed by atoms with Crippen LogP contribution in [-0.4, -0.2) is 63.6 Å². The van der Waals surface area contributed by atoms with E-state index < -0.39 is 30.8 Å². The van der Waals surface area contributed by atoms with Crippen molar-refractivity contribution in [3.63, 3.8) is 0 Å². The Bertz CT molecular complexity index is 349. The summed E-state index contributed by atoms with van der Waals surface area (Å²) in [5.41, 5.74) is 5.26. The number of nitrogens with one attached hydrogen (secondary N) is 1. The maximum absolute atomic E-state index is 11.5. The number of aliphatic imine (C=N–C) groups is 1. The SMILES string of the molecule is NC1=NC(=O)N([C@H]2C[C@@H](O)[C@@H](CO)O2)C(O)N1. The Morgan fingerprint density at radius 1 is 1.59 bits per heavy atom. The third-order valence-electron chi connectivity index (χ3n) is 2.67. The molecule has 2 amide bonds. The number of carbonyl (C=O) groups is 1. The molecule has 2 rings (SSSR count). The second-order valence-electron chi connectivity index (χ2n) is 3.82. The largest absolute Gasteiger partial charge is 0.394 e. The number of amides is 2. The third kappa shape index (κ3) is 2.17. The summed E-state index contributed by atoms with van der Waals surface area (Å²) in [5.74, 6) is -0.184. The molecule has 0 saturated carbocycles. The highest BCUT2D eigenvalue weighted by Crippen LogP contribution is 2.25. The van der Waals surface area contributed by atoms with Gasteiger partial charge in [-0.15, -0.1) is 0 Å². The molecule has 0 aromatic carbocycles. The van der Waals surface area contributed by atoms with Crippen LogP contribution in [0.5, 0.6) is 0 Å². The van der Waals surface area contributed by atoms with Crippen LogP contribution in [-0.2, 0) is 4.74 Å². The second-order valence-corrected chi connectivity index (χ2v) is 3.82. The van der Waals surface area contributed by atoms with Crippen molar-refractivity contribution in [1.82, 2.24) is 10.2 Å². The van der Waals surface area contributed by atoms with Crippen LogP contribution in [0.2, 0.25) is 0 Å². The Hall–Kier alpha value is -1.42. The van der Waals surface area contributed by atoms with Crippen LogP contribution in [0.1, 0.15) is 6.42 Å². The van der Waals surface area contributed by atoms with E-state index in [2.05, 4.69) is 10.3 Å². The number of hydrogen-bond donors (Lipinski definition) is 5. The molecule has 2 heterocycles. The molecule has 4 atom stereocenters. The minimum Gasteiger partial charge on any atom is -0.394 e. The van der Waals surface area contributed by atoms with Crippen LogP contribution in [0.4, 0.5) is 4.79 Å². The molecule has 17 heavy (non-hydrogen) atoms. The fraction of sp³-hybridized carbons (Fsp3) is 0.750. The normalized spacial score (nSPS) is 37.9. The quantitative estimate of drug-likeness (QED) is 0.351. The molecular weight excluding hydrogens is 232 g/mol. The number of aliphatic hydroxyl groups is 3. The molecule has 2 aliphatic heterocycles. The second kappa shape index (κ2) is 4.45. The number of carbonyl (C=O) groups excluding carboxylic acids is 1. The molecule has 1 unspecified atom stereocenters. The van der Waals surface area contributed by atoms with Gasteiger partial charge in [0.05, 0.1) is 12.7 Å². The molecule has 96 valence electrons. The number of rotatable bonds is 2. The first-order valence-corrected chi connectivity index (χ1v) is 5.08. The van der Waals surface area contributed by atoms with Crippen molar-refractivity contribution in [2.24, 2.45) is 10.7 Å². The zero-order chi connectivity index (χ0) is 12.6. The first kappa shape index (κ1) is 12.0. The van der Waals surface area contributed by atoms with Gasteiger partial charge in [0.1, 0.15) is 12.3 Å². The lowest BCUT2D eigenvalue weighted by atomic mass is 10.2. The summed E-state index contributed by atoms with van der Waals surface area (Å²) >= 11 is 0. The fourth-order valence-electron chi connectivity index (χ4n) is 1.83. The van der Waals surface area contributed by atoms with Crippen LogP contribution >= 0.6 is 0 Å². The molecule has 6 N–H and O–H groups in total. The summed E-state index contributed by atoms with van der Waals surface area (Å²) in [4.78, 5) is 15.9. The average Bonchev–Trinajstić information content (AvgIpc) is 2.57. The zero-order valence-corrected chi connectivity index (χ0v) is 8.85. The number of ether oxygens (including phenoxy) is 1. The molecule has 0 bridgehead atoms. The summed E-state index contributed by atoms with van der Waals surface area (Å²) < 4.78 is 5.23. The van der Waals surface area contributed by atoms with Crippen LogP contribution < -0.4 is 11.1 Å². The summed E-state index contributed by atoms with van der Waals surface area (Å²) in [7, 11) is 0. The molecule has 0 spiro atoms. The molecule has 1 fully saturated rings. The molecule has 2 aliphatic rings. The summed E-state index contributed by atoms with van der Waals surface area (Å²) in [6.45, 7) is -0.366. The van der Waals surface area contributed by atoms with Crippen molar-refractivity contribution in [1.29, 1.82) is 0 Å². The Kier molecular flexibility index (Phi) is 3.15. The zero-order valence-electron chi connectivity index (χ0n) is 8.85. The summed E-state index contributed by atoms with van der Waals surface area (Å²) in [6, 6.07) is -0.760. The summed E-state index contributed by atoms with van der Waals surface area (Å²) in [6.07, 6.45) is -3.80. The van der Waals surface area contributed by atoms with Gasteiger partial charge in [0.25, 0.3) is 0 Å². The highest BCUT2D eigenvalue weighted by molar-refractivity contribution is 5.93. The van der Waals surface area contributed by atoms with Gasteiger partial charge in [0.15, 0.2) is 0 Å². The highest BCUT2D eigenvalue weighted by Gasteiger charge is 2.42. The van der Waals surface area contributed by atoms with Crippen LogP contribution in [0, 0.1) is 0 Å². The first-order valence-electron chi connectivity index (χ1n) is 5.08. The Morgan fingerprint density at radius 3 is 2.82 bits per heavy atom. The van der Waals surface area contributed by atoms with Gasteiger partial charge in [0.2, 0.25) is 12.3 Å². The molecule has 9 nitrogen and oxygen atoms in total. The van der Waals surface area contributed by atoms with Crippen LogP contribution in [0.3, 0.4) is 0 Å². The fourth-order valence-corrected chi connectivity index (χ4v) is 1.83. The van der Waals surface area contributed by atoms with E-state index >= 15 is 0 Å². The molecule has 0 aromatic heterocycles. The molecule has 0 radical (unpaired) electrons. The average molecular weight is 246 g/mol. The Labute approximate surface area is 96.5 Å². The number of guanidine groups is 1. The van der Waals surface area contributed by atoms with E-state index in [1.807, 2.05) is 0 Å². The number of urea groups is 1. The van der Waals surface area contributed by atoms with E-state index in [1.54, 1.807) is 0 Å². The number of hydrogen-bond acceptors (Lipinski definition) is 7. The van der Waals surface area contributed by atoms with E-state index in [0.717, 1.165) is 4.90 Å². The Morgan fingerprint density at radius 2 is 2.29 bits per heavy atom. The first-order chi connectivity index (χ1) is 8.02. The van der Waals surface area contributed by atoms with Gasteiger partial charge in [0, 0.05) is 6.42 Å². The van der Waals surface area contributed by atoms with Gasteiger partial charge < -0.3 is 31.1 Å². The molecule has 0 aromatic rings. The van der Waals surface area contributed by atoms with Gasteiger partial charge in [-0.1, -0.05) is 0 Å². The van der Waals surface area contributed by atoms with Crippen LogP contribution in [0.15, 0.2) is 4.99 Å². The lowest BCUT2D eigenvalue weighted by Crippen LogP contribution is -2.59. The minimum absolute atomic E-state index is 0.0884. The standard InChI is InChI=1S/C8H14N4O5/c9-6-10-7(15)12(8(16)11-6)5-1-3(14)4(2-13)17-5/h3-5,7,13-15H,1-2H2,(H3,9,10,11,16)/t3-,4-,5-,7?/m1/s1. The van der Waals surface area contributed by atoms with E-state index in [9.17, 15) is 15.0 Å². The Balaban J connectivity index is 2.11. The van der Waals surface area contributed by atoms with Crippen molar-refractivity contribution in [2.75, 3.05) is 6.61 Å². The van der Waals surface area contributed by atoms with E-state index in [0.29, 0.717) is 0 Å². The van der Waals surface area contributed by atoms with E-state index in [4.69, 9.17) is 15.6 Å².